The van der Waals surface area contributed by atoms with Crippen molar-refractivity contribution in [2.45, 2.75) is 6.61 Å². The van der Waals surface area contributed by atoms with Crippen LogP contribution in [0.1, 0.15) is 26.4 Å². The number of rotatable bonds is 4. The summed E-state index contributed by atoms with van der Waals surface area (Å²) in [7, 11) is 0. The zero-order valence-corrected chi connectivity index (χ0v) is 11.6. The Morgan fingerprint density at radius 1 is 1.05 bits per heavy atom. The average Bonchev–Trinajstić information content (AvgIpc) is 2.93. The molecule has 0 fully saturated rings. The van der Waals surface area contributed by atoms with Crippen molar-refractivity contribution in [3.63, 3.8) is 0 Å². The molecular weight excluding hydrogens is 282 g/mol. The number of hydrogen-bond acceptors (Lipinski definition) is 3. The third-order valence-corrected chi connectivity index (χ3v) is 3.33. The van der Waals surface area contributed by atoms with E-state index in [1.165, 1.54) is 10.5 Å². The van der Waals surface area contributed by atoms with Crippen LogP contribution in [0.2, 0.25) is 0 Å². The van der Waals surface area contributed by atoms with Crippen molar-refractivity contribution < 1.29 is 19.4 Å². The fourth-order valence-electron chi connectivity index (χ4n) is 2.28. The van der Waals surface area contributed by atoms with E-state index in [-0.39, 0.29) is 17.9 Å². The molecule has 0 amide bonds. The highest BCUT2D eigenvalue weighted by Gasteiger charge is 2.19. The molecule has 3 rings (SSSR count). The Bertz CT molecular complexity index is 836. The van der Waals surface area contributed by atoms with E-state index in [0.29, 0.717) is 5.52 Å². The number of esters is 1. The van der Waals surface area contributed by atoms with Gasteiger partial charge in [-0.2, -0.15) is 0 Å². The number of fused-ring (bicyclic) bond motifs is 1. The first-order valence-electron chi connectivity index (χ1n) is 6.71. The first kappa shape index (κ1) is 13.9. The molecule has 22 heavy (non-hydrogen) atoms. The topological polar surface area (TPSA) is 68.0 Å². The second-order valence-electron chi connectivity index (χ2n) is 4.77. The number of benzene rings is 1. The van der Waals surface area contributed by atoms with Crippen molar-refractivity contribution in [1.82, 2.24) is 4.40 Å². The van der Waals surface area contributed by atoms with Gasteiger partial charge in [0, 0.05) is 6.20 Å². The van der Waals surface area contributed by atoms with Gasteiger partial charge in [-0.25, -0.2) is 9.59 Å². The molecule has 0 aliphatic rings. The molecule has 3 aromatic rings. The van der Waals surface area contributed by atoms with Crippen LogP contribution in [-0.2, 0) is 11.3 Å². The molecule has 0 aliphatic heterocycles. The molecule has 0 saturated heterocycles. The molecule has 5 heteroatoms. The second kappa shape index (κ2) is 5.73. The van der Waals surface area contributed by atoms with Crippen molar-refractivity contribution in [2.24, 2.45) is 0 Å². The SMILES string of the molecule is O=C(O)c1cc(C(=O)OCc2ccccc2)n2ccccc12. The van der Waals surface area contributed by atoms with Crippen LogP contribution in [0.25, 0.3) is 5.52 Å². The van der Waals surface area contributed by atoms with Crippen molar-refractivity contribution in [2.75, 3.05) is 0 Å². The highest BCUT2D eigenvalue weighted by atomic mass is 16.5. The van der Waals surface area contributed by atoms with Crippen LogP contribution in [0.3, 0.4) is 0 Å². The van der Waals surface area contributed by atoms with Gasteiger partial charge in [-0.3, -0.25) is 0 Å². The summed E-state index contributed by atoms with van der Waals surface area (Å²) in [5.74, 6) is -1.64. The lowest BCUT2D eigenvalue weighted by atomic mass is 10.2. The summed E-state index contributed by atoms with van der Waals surface area (Å²) in [6.45, 7) is 0.141. The van der Waals surface area contributed by atoms with E-state index in [0.717, 1.165) is 5.56 Å². The largest absolute Gasteiger partial charge is 0.478 e. The van der Waals surface area contributed by atoms with Crippen molar-refractivity contribution in [1.29, 1.82) is 0 Å². The number of carboxylic acid groups (broad SMARTS) is 1. The van der Waals surface area contributed by atoms with Crippen LogP contribution in [0.5, 0.6) is 0 Å². The van der Waals surface area contributed by atoms with E-state index >= 15 is 0 Å². The van der Waals surface area contributed by atoms with Crippen molar-refractivity contribution in [3.05, 3.63) is 77.6 Å². The number of aromatic carboxylic acids is 1. The molecule has 0 saturated carbocycles. The summed E-state index contributed by atoms with van der Waals surface area (Å²) in [5, 5.41) is 9.22. The van der Waals surface area contributed by atoms with Gasteiger partial charge >= 0.3 is 11.9 Å². The van der Waals surface area contributed by atoms with Gasteiger partial charge in [-0.15, -0.1) is 0 Å². The molecule has 0 bridgehead atoms. The van der Waals surface area contributed by atoms with Gasteiger partial charge in [0.2, 0.25) is 0 Å². The Labute approximate surface area is 126 Å². The molecule has 5 nitrogen and oxygen atoms in total. The monoisotopic (exact) mass is 295 g/mol. The summed E-state index contributed by atoms with van der Waals surface area (Å²) in [4.78, 5) is 23.5. The molecule has 0 aliphatic carbocycles. The fraction of sp³-hybridized carbons (Fsp3) is 0.0588. The zero-order valence-electron chi connectivity index (χ0n) is 11.6. The fourth-order valence-corrected chi connectivity index (χ4v) is 2.28. The number of aromatic nitrogens is 1. The highest BCUT2D eigenvalue weighted by molar-refractivity contribution is 6.00. The molecule has 0 radical (unpaired) electrons. The summed E-state index contributed by atoms with van der Waals surface area (Å²) in [6.07, 6.45) is 1.64. The quantitative estimate of drug-likeness (QED) is 0.751. The lowest BCUT2D eigenvalue weighted by Crippen LogP contribution is -2.08. The standard InChI is InChI=1S/C17H13NO4/c19-16(20)13-10-15(18-9-5-4-8-14(13)18)17(21)22-11-12-6-2-1-3-7-12/h1-10H,11H2,(H,19,20). The van der Waals surface area contributed by atoms with Gasteiger partial charge < -0.3 is 14.2 Å². The lowest BCUT2D eigenvalue weighted by molar-refractivity contribution is 0.0464. The Balaban J connectivity index is 1.89. The molecule has 0 spiro atoms. The van der Waals surface area contributed by atoms with Gasteiger partial charge in [0.15, 0.2) is 0 Å². The number of carbonyl (C=O) groups is 2. The maximum absolute atomic E-state index is 12.2. The molecular formula is C17H13NO4. The number of carbonyl (C=O) groups excluding carboxylic acids is 1. The number of carboxylic acids is 1. The first-order valence-corrected chi connectivity index (χ1v) is 6.71. The summed E-state index contributed by atoms with van der Waals surface area (Å²) in [5.41, 5.74) is 1.60. The van der Waals surface area contributed by atoms with Gasteiger partial charge in [0.1, 0.15) is 12.3 Å². The van der Waals surface area contributed by atoms with Gasteiger partial charge in [0.05, 0.1) is 11.1 Å². The maximum atomic E-state index is 12.2. The van der Waals surface area contributed by atoms with E-state index in [9.17, 15) is 14.7 Å². The number of pyridine rings is 1. The average molecular weight is 295 g/mol. The van der Waals surface area contributed by atoms with Crippen molar-refractivity contribution >= 4 is 17.5 Å². The predicted octanol–water partition coefficient (Wildman–Crippen LogP) is 2.99. The van der Waals surface area contributed by atoms with Crippen molar-refractivity contribution in [3.8, 4) is 0 Å². The Morgan fingerprint density at radius 2 is 1.77 bits per heavy atom. The summed E-state index contributed by atoms with van der Waals surface area (Å²) < 4.78 is 6.79. The second-order valence-corrected chi connectivity index (χ2v) is 4.77. The first-order chi connectivity index (χ1) is 10.7. The molecule has 1 aromatic carbocycles. The number of ether oxygens (including phenoxy) is 1. The summed E-state index contributed by atoms with van der Waals surface area (Å²) in [6, 6.07) is 15.7. The Kier molecular flexibility index (Phi) is 3.62. The minimum Gasteiger partial charge on any atom is -0.478 e. The van der Waals surface area contributed by atoms with E-state index in [1.54, 1.807) is 24.4 Å². The maximum Gasteiger partial charge on any atom is 0.355 e. The van der Waals surface area contributed by atoms with Crippen LogP contribution in [0.4, 0.5) is 0 Å². The normalized spacial score (nSPS) is 10.5. The molecule has 2 aromatic heterocycles. The van der Waals surface area contributed by atoms with Gasteiger partial charge in [-0.1, -0.05) is 36.4 Å². The number of hydrogen-bond donors (Lipinski definition) is 1. The van der Waals surface area contributed by atoms with Crippen LogP contribution in [0, 0.1) is 0 Å². The third-order valence-electron chi connectivity index (χ3n) is 3.33. The molecule has 2 heterocycles. The van der Waals surface area contributed by atoms with Gasteiger partial charge in [0.25, 0.3) is 0 Å². The molecule has 0 atom stereocenters. The lowest BCUT2D eigenvalue weighted by Gasteiger charge is -2.05. The highest BCUT2D eigenvalue weighted by Crippen LogP contribution is 2.18. The third kappa shape index (κ3) is 2.56. The number of nitrogens with zero attached hydrogens (tertiary/aromatic N) is 1. The predicted molar refractivity (Wildman–Crippen MR) is 79.9 cm³/mol. The van der Waals surface area contributed by atoms with Crippen LogP contribution in [0.15, 0.2) is 60.8 Å². The minimum absolute atomic E-state index is 0.0762. The Morgan fingerprint density at radius 3 is 2.50 bits per heavy atom. The zero-order chi connectivity index (χ0) is 15.5. The van der Waals surface area contributed by atoms with Gasteiger partial charge in [-0.05, 0) is 23.8 Å². The molecule has 110 valence electrons. The minimum atomic E-state index is -1.08. The molecule has 0 unspecified atom stereocenters. The van der Waals surface area contributed by atoms with E-state index in [1.807, 2.05) is 30.3 Å². The molecule has 1 N–H and O–H groups in total. The van der Waals surface area contributed by atoms with E-state index in [2.05, 4.69) is 0 Å². The van der Waals surface area contributed by atoms with Crippen LogP contribution < -0.4 is 0 Å². The van der Waals surface area contributed by atoms with E-state index in [4.69, 9.17) is 4.74 Å². The van der Waals surface area contributed by atoms with Crippen LogP contribution >= 0.6 is 0 Å². The van der Waals surface area contributed by atoms with E-state index < -0.39 is 11.9 Å². The smallest absolute Gasteiger partial charge is 0.355 e. The summed E-state index contributed by atoms with van der Waals surface area (Å²) >= 11 is 0. The van der Waals surface area contributed by atoms with Crippen LogP contribution in [-0.4, -0.2) is 21.4 Å². The Hall–Kier alpha value is -3.08.